The lowest BCUT2D eigenvalue weighted by Crippen LogP contribution is -2.31. The van der Waals surface area contributed by atoms with Crippen LogP contribution in [0.2, 0.25) is 0 Å². The standard InChI is InChI=1S/C18H23N3O2/c1-14-9-17(23-20-14)10-18(22)19-11-16-7-8-21(13-16)12-15-5-3-2-4-6-15/h2-6,9,16H,7-8,10-13H2,1H3,(H,19,22). The fraction of sp³-hybridized carbons (Fsp3) is 0.444. The van der Waals surface area contributed by atoms with Crippen LogP contribution in [0, 0.1) is 12.8 Å². The molecule has 0 spiro atoms. The molecule has 0 aliphatic carbocycles. The summed E-state index contributed by atoms with van der Waals surface area (Å²) in [6, 6.07) is 12.3. The predicted molar refractivity (Wildman–Crippen MR) is 87.8 cm³/mol. The normalized spacial score (nSPS) is 18.2. The van der Waals surface area contributed by atoms with Gasteiger partial charge in [0.25, 0.3) is 0 Å². The van der Waals surface area contributed by atoms with Gasteiger partial charge in [0, 0.05) is 25.7 Å². The van der Waals surface area contributed by atoms with Crippen molar-refractivity contribution in [2.75, 3.05) is 19.6 Å². The molecule has 1 aliphatic heterocycles. The van der Waals surface area contributed by atoms with E-state index in [4.69, 9.17) is 4.52 Å². The summed E-state index contributed by atoms with van der Waals surface area (Å²) in [7, 11) is 0. The number of aryl methyl sites for hydroxylation is 1. The number of nitrogens with one attached hydrogen (secondary N) is 1. The van der Waals surface area contributed by atoms with Crippen LogP contribution in [-0.4, -0.2) is 35.6 Å². The molecule has 122 valence electrons. The number of rotatable bonds is 6. The maximum Gasteiger partial charge on any atom is 0.227 e. The third-order valence-corrected chi connectivity index (χ3v) is 4.22. The maximum atomic E-state index is 11.9. The number of aromatic nitrogens is 1. The van der Waals surface area contributed by atoms with E-state index < -0.39 is 0 Å². The summed E-state index contributed by atoms with van der Waals surface area (Å²) in [5.41, 5.74) is 2.15. The van der Waals surface area contributed by atoms with Gasteiger partial charge in [0.05, 0.1) is 12.1 Å². The predicted octanol–water partition coefficient (Wildman–Crippen LogP) is 2.16. The highest BCUT2D eigenvalue weighted by Crippen LogP contribution is 2.18. The Morgan fingerprint density at radius 3 is 2.96 bits per heavy atom. The number of likely N-dealkylation sites (tertiary alicyclic amines) is 1. The molecule has 1 aromatic carbocycles. The topological polar surface area (TPSA) is 58.4 Å². The summed E-state index contributed by atoms with van der Waals surface area (Å²) in [5.74, 6) is 1.15. The Labute approximate surface area is 136 Å². The Kier molecular flexibility index (Phi) is 5.08. The Balaban J connectivity index is 1.39. The minimum absolute atomic E-state index is 0.00246. The van der Waals surface area contributed by atoms with Crippen molar-refractivity contribution in [3.8, 4) is 0 Å². The first-order valence-corrected chi connectivity index (χ1v) is 8.14. The average Bonchev–Trinajstić information content (AvgIpc) is 3.15. The van der Waals surface area contributed by atoms with Crippen LogP contribution >= 0.6 is 0 Å². The largest absolute Gasteiger partial charge is 0.361 e. The van der Waals surface area contributed by atoms with Crippen molar-refractivity contribution in [1.29, 1.82) is 0 Å². The van der Waals surface area contributed by atoms with Crippen LogP contribution in [0.15, 0.2) is 40.9 Å². The van der Waals surface area contributed by atoms with E-state index in [-0.39, 0.29) is 12.3 Å². The van der Waals surface area contributed by atoms with Crippen molar-refractivity contribution in [2.24, 2.45) is 5.92 Å². The molecular formula is C18H23N3O2. The lowest BCUT2D eigenvalue weighted by Gasteiger charge is -2.16. The highest BCUT2D eigenvalue weighted by atomic mass is 16.5. The molecule has 1 unspecified atom stereocenters. The number of hydrogen-bond acceptors (Lipinski definition) is 4. The second kappa shape index (κ2) is 7.42. The Bertz CT molecular complexity index is 639. The number of amides is 1. The molecule has 1 amide bonds. The van der Waals surface area contributed by atoms with Crippen LogP contribution in [0.25, 0.3) is 0 Å². The smallest absolute Gasteiger partial charge is 0.227 e. The van der Waals surface area contributed by atoms with Crippen LogP contribution in [0.5, 0.6) is 0 Å². The molecule has 1 N–H and O–H groups in total. The van der Waals surface area contributed by atoms with Gasteiger partial charge in [-0.2, -0.15) is 0 Å². The van der Waals surface area contributed by atoms with E-state index >= 15 is 0 Å². The molecule has 0 saturated carbocycles. The van der Waals surface area contributed by atoms with Gasteiger partial charge in [-0.05, 0) is 31.4 Å². The van der Waals surface area contributed by atoms with Gasteiger partial charge in [-0.1, -0.05) is 35.5 Å². The van der Waals surface area contributed by atoms with Gasteiger partial charge < -0.3 is 9.84 Å². The summed E-state index contributed by atoms with van der Waals surface area (Å²) in [5, 5.41) is 6.81. The highest BCUT2D eigenvalue weighted by molar-refractivity contribution is 5.77. The molecule has 1 aliphatic rings. The molecule has 5 heteroatoms. The molecule has 0 bridgehead atoms. The molecule has 0 radical (unpaired) electrons. The summed E-state index contributed by atoms with van der Waals surface area (Å²) in [6.07, 6.45) is 1.40. The molecule has 1 fully saturated rings. The number of nitrogens with zero attached hydrogens (tertiary/aromatic N) is 2. The number of hydrogen-bond donors (Lipinski definition) is 1. The summed E-state index contributed by atoms with van der Waals surface area (Å²) >= 11 is 0. The monoisotopic (exact) mass is 313 g/mol. The van der Waals surface area contributed by atoms with E-state index in [2.05, 4.69) is 39.6 Å². The summed E-state index contributed by atoms with van der Waals surface area (Å²) < 4.78 is 5.07. The average molecular weight is 313 g/mol. The van der Waals surface area contributed by atoms with Crippen molar-refractivity contribution in [1.82, 2.24) is 15.4 Å². The van der Waals surface area contributed by atoms with E-state index in [0.717, 1.165) is 38.3 Å². The van der Waals surface area contributed by atoms with Crippen LogP contribution in [-0.2, 0) is 17.8 Å². The van der Waals surface area contributed by atoms with Crippen molar-refractivity contribution in [2.45, 2.75) is 26.3 Å². The summed E-state index contributed by atoms with van der Waals surface area (Å²) in [6.45, 7) is 5.71. The summed E-state index contributed by atoms with van der Waals surface area (Å²) in [4.78, 5) is 14.4. The van der Waals surface area contributed by atoms with E-state index in [1.165, 1.54) is 5.56 Å². The zero-order valence-electron chi connectivity index (χ0n) is 13.5. The van der Waals surface area contributed by atoms with Crippen molar-refractivity contribution >= 4 is 5.91 Å². The molecule has 1 aromatic heterocycles. The lowest BCUT2D eigenvalue weighted by atomic mass is 10.1. The van der Waals surface area contributed by atoms with Crippen LogP contribution in [0.3, 0.4) is 0 Å². The Hall–Kier alpha value is -2.14. The van der Waals surface area contributed by atoms with Crippen molar-refractivity contribution in [3.05, 3.63) is 53.4 Å². The molecule has 1 atom stereocenters. The zero-order valence-corrected chi connectivity index (χ0v) is 13.5. The van der Waals surface area contributed by atoms with Crippen molar-refractivity contribution in [3.63, 3.8) is 0 Å². The minimum Gasteiger partial charge on any atom is -0.361 e. The Morgan fingerprint density at radius 2 is 2.22 bits per heavy atom. The lowest BCUT2D eigenvalue weighted by molar-refractivity contribution is -0.120. The fourth-order valence-corrected chi connectivity index (χ4v) is 3.04. The zero-order chi connectivity index (χ0) is 16.1. The number of benzene rings is 1. The number of carbonyl (C=O) groups is 1. The second-order valence-electron chi connectivity index (χ2n) is 6.29. The molecular weight excluding hydrogens is 290 g/mol. The highest BCUT2D eigenvalue weighted by Gasteiger charge is 2.22. The van der Waals surface area contributed by atoms with Gasteiger partial charge in [0.15, 0.2) is 0 Å². The van der Waals surface area contributed by atoms with Crippen LogP contribution < -0.4 is 5.32 Å². The van der Waals surface area contributed by atoms with E-state index in [1.807, 2.05) is 13.0 Å². The molecule has 2 heterocycles. The van der Waals surface area contributed by atoms with Crippen molar-refractivity contribution < 1.29 is 9.32 Å². The third kappa shape index (κ3) is 4.66. The maximum absolute atomic E-state index is 11.9. The molecule has 23 heavy (non-hydrogen) atoms. The van der Waals surface area contributed by atoms with Gasteiger partial charge >= 0.3 is 0 Å². The first-order valence-electron chi connectivity index (χ1n) is 8.14. The fourth-order valence-electron chi connectivity index (χ4n) is 3.04. The second-order valence-corrected chi connectivity index (χ2v) is 6.29. The first-order chi connectivity index (χ1) is 11.2. The molecule has 5 nitrogen and oxygen atoms in total. The number of carbonyl (C=O) groups excluding carboxylic acids is 1. The van der Waals surface area contributed by atoms with Crippen LogP contribution in [0.4, 0.5) is 0 Å². The molecule has 2 aromatic rings. The van der Waals surface area contributed by atoms with Gasteiger partial charge in [-0.25, -0.2) is 0 Å². The first kappa shape index (κ1) is 15.7. The Morgan fingerprint density at radius 1 is 1.39 bits per heavy atom. The van der Waals surface area contributed by atoms with Gasteiger partial charge in [0.1, 0.15) is 5.76 Å². The van der Waals surface area contributed by atoms with Gasteiger partial charge in [-0.15, -0.1) is 0 Å². The van der Waals surface area contributed by atoms with Gasteiger partial charge in [-0.3, -0.25) is 9.69 Å². The van der Waals surface area contributed by atoms with Gasteiger partial charge in [0.2, 0.25) is 5.91 Å². The SMILES string of the molecule is Cc1cc(CC(=O)NCC2CCN(Cc3ccccc3)C2)on1. The van der Waals surface area contributed by atoms with E-state index in [9.17, 15) is 4.79 Å². The quantitative estimate of drug-likeness (QED) is 0.888. The minimum atomic E-state index is 0.00246. The van der Waals surface area contributed by atoms with E-state index in [0.29, 0.717) is 11.7 Å². The molecule has 3 rings (SSSR count). The third-order valence-electron chi connectivity index (χ3n) is 4.22. The van der Waals surface area contributed by atoms with E-state index in [1.54, 1.807) is 6.07 Å². The molecule has 1 saturated heterocycles. The van der Waals surface area contributed by atoms with Crippen LogP contribution in [0.1, 0.15) is 23.4 Å².